The average Bonchev–Trinajstić information content (AvgIpc) is 4.13. The number of fused-ring (bicyclic) bond motifs is 12. The zero-order chi connectivity index (χ0) is 41.9. The van der Waals surface area contributed by atoms with Gasteiger partial charge in [0.25, 0.3) is 0 Å². The zero-order valence-electron chi connectivity index (χ0n) is 33.9. The predicted octanol–water partition coefficient (Wildman–Crippen LogP) is 15.8. The minimum atomic E-state index is 0.538. The summed E-state index contributed by atoms with van der Waals surface area (Å²) in [7, 11) is 0. The second-order valence-corrected chi connectivity index (χ2v) is 16.3. The van der Waals surface area contributed by atoms with Crippen LogP contribution in [0.1, 0.15) is 0 Å². The highest BCUT2D eigenvalue weighted by atomic mass is 16.3. The number of benzene rings is 9. The van der Waals surface area contributed by atoms with E-state index in [-0.39, 0.29) is 0 Å². The van der Waals surface area contributed by atoms with Crippen LogP contribution < -0.4 is 0 Å². The molecule has 9 aromatic carbocycles. The van der Waals surface area contributed by atoms with Gasteiger partial charge in [0.05, 0.1) is 0 Å². The van der Waals surface area contributed by atoms with Gasteiger partial charge in [0, 0.05) is 59.8 Å². The third kappa shape index (κ3) is 5.31. The summed E-state index contributed by atoms with van der Waals surface area (Å²) in [4.78, 5) is 15.7. The van der Waals surface area contributed by atoms with Crippen LogP contribution in [0.15, 0.2) is 206 Å². The molecule has 0 aliphatic carbocycles. The molecule has 0 saturated heterocycles. The molecule has 0 aliphatic heterocycles. The Kier molecular flexibility index (Phi) is 7.27. The molecule has 0 bridgehead atoms. The maximum atomic E-state index is 6.52. The van der Waals surface area contributed by atoms with Crippen LogP contribution in [-0.4, -0.2) is 15.0 Å². The van der Waals surface area contributed by atoms with Gasteiger partial charge in [-0.3, -0.25) is 0 Å². The molecule has 0 spiro atoms. The molecule has 0 atom stereocenters. The highest BCUT2D eigenvalue weighted by molar-refractivity contribution is 6.15. The molecule has 0 N–H and O–H groups in total. The molecule has 5 aromatic heterocycles. The van der Waals surface area contributed by atoms with E-state index < -0.39 is 0 Å². The summed E-state index contributed by atoms with van der Waals surface area (Å²) in [6, 6.07) is 64.0. The Hall–Kier alpha value is -8.81. The summed E-state index contributed by atoms with van der Waals surface area (Å²) in [5.41, 5.74) is 13.3. The maximum Gasteiger partial charge on any atom is 0.164 e. The van der Waals surface area contributed by atoms with Gasteiger partial charge < -0.3 is 17.7 Å². The fourth-order valence-corrected chi connectivity index (χ4v) is 9.53. The number of furan rings is 4. The van der Waals surface area contributed by atoms with Crippen LogP contribution in [-0.2, 0) is 0 Å². The van der Waals surface area contributed by atoms with E-state index in [9.17, 15) is 0 Å². The van der Waals surface area contributed by atoms with E-state index >= 15 is 0 Å². The van der Waals surface area contributed by atoms with Crippen LogP contribution in [0.4, 0.5) is 0 Å². The van der Waals surface area contributed by atoms with Crippen LogP contribution in [0.5, 0.6) is 0 Å². The monoisotopic (exact) mass is 821 g/mol. The zero-order valence-corrected chi connectivity index (χ0v) is 33.9. The van der Waals surface area contributed by atoms with E-state index in [0.29, 0.717) is 17.5 Å². The Bertz CT molecular complexity index is 3960. The van der Waals surface area contributed by atoms with Gasteiger partial charge in [-0.15, -0.1) is 0 Å². The summed E-state index contributed by atoms with van der Waals surface area (Å²) in [6.45, 7) is 0. The quantitative estimate of drug-likeness (QED) is 0.171. The summed E-state index contributed by atoms with van der Waals surface area (Å²) >= 11 is 0. The highest BCUT2D eigenvalue weighted by Gasteiger charge is 2.22. The molecule has 0 radical (unpaired) electrons. The van der Waals surface area contributed by atoms with Gasteiger partial charge in [-0.05, 0) is 95.1 Å². The van der Waals surface area contributed by atoms with Crippen molar-refractivity contribution >= 4 is 87.8 Å². The Morgan fingerprint density at radius 3 is 1.16 bits per heavy atom. The molecule has 5 heterocycles. The third-order valence-corrected chi connectivity index (χ3v) is 12.6. The molecule has 64 heavy (non-hydrogen) atoms. The fraction of sp³-hybridized carbons (Fsp3) is 0. The molecular formula is C57H31N3O4. The van der Waals surface area contributed by atoms with Crippen LogP contribution in [0, 0.1) is 0 Å². The second-order valence-electron chi connectivity index (χ2n) is 16.3. The summed E-state index contributed by atoms with van der Waals surface area (Å²) in [5.74, 6) is 1.64. The largest absolute Gasteiger partial charge is 0.456 e. The van der Waals surface area contributed by atoms with Crippen LogP contribution in [0.3, 0.4) is 0 Å². The lowest BCUT2D eigenvalue weighted by molar-refractivity contribution is 0.668. The minimum absolute atomic E-state index is 0.538. The number of hydrogen-bond acceptors (Lipinski definition) is 7. The minimum Gasteiger partial charge on any atom is -0.456 e. The van der Waals surface area contributed by atoms with Crippen molar-refractivity contribution in [3.8, 4) is 56.4 Å². The summed E-state index contributed by atoms with van der Waals surface area (Å²) in [6.07, 6.45) is 0. The van der Waals surface area contributed by atoms with Crippen molar-refractivity contribution in [3.63, 3.8) is 0 Å². The Morgan fingerprint density at radius 1 is 0.234 bits per heavy atom. The Balaban J connectivity index is 0.943. The number of rotatable bonds is 5. The van der Waals surface area contributed by atoms with Gasteiger partial charge in [0.2, 0.25) is 0 Å². The average molecular weight is 822 g/mol. The van der Waals surface area contributed by atoms with Crippen molar-refractivity contribution < 1.29 is 17.7 Å². The van der Waals surface area contributed by atoms with E-state index in [1.807, 2.05) is 103 Å². The van der Waals surface area contributed by atoms with E-state index in [4.69, 9.17) is 32.6 Å². The molecule has 0 aliphatic rings. The molecule has 14 rings (SSSR count). The first-order chi connectivity index (χ1) is 31.7. The SMILES string of the molecule is c1ccc(-c2nc(-c3cccc4oc5ccc(-c6ccc7c(c6)oc6ccccc67)cc5c34)nc(-c3cccc4oc5ccc(-c6ccc7c(c6)oc6ccccc67)cc5c34)n2)cc1. The van der Waals surface area contributed by atoms with Crippen molar-refractivity contribution in [2.75, 3.05) is 0 Å². The normalized spacial score (nSPS) is 12.1. The number of aromatic nitrogens is 3. The van der Waals surface area contributed by atoms with E-state index in [1.54, 1.807) is 0 Å². The lowest BCUT2D eigenvalue weighted by Gasteiger charge is -2.10. The van der Waals surface area contributed by atoms with Crippen LogP contribution in [0.25, 0.3) is 144 Å². The number of nitrogens with zero attached hydrogens (tertiary/aromatic N) is 3. The van der Waals surface area contributed by atoms with Crippen molar-refractivity contribution in [2.45, 2.75) is 0 Å². The van der Waals surface area contributed by atoms with Crippen LogP contribution in [0.2, 0.25) is 0 Å². The van der Waals surface area contributed by atoms with Gasteiger partial charge in [0.1, 0.15) is 44.7 Å². The standard InChI is InChI=1S/C57H31N3O4/c1-2-10-32(11-3-1)55-58-56(41-14-8-18-49-53(41)43-28-33(22-26-47(43)61-49)35-20-24-39-37-12-4-6-16-45(37)63-51(39)30-35)60-57(59-55)42-15-9-19-50-54(42)44-29-34(23-27-48(44)62-50)36-21-25-40-38-13-5-7-17-46(38)64-52(40)31-36/h1-31H. The van der Waals surface area contributed by atoms with Crippen molar-refractivity contribution in [1.82, 2.24) is 15.0 Å². The smallest absolute Gasteiger partial charge is 0.164 e. The topological polar surface area (TPSA) is 91.2 Å². The second kappa shape index (κ2) is 13.3. The Labute approximate surface area is 363 Å². The molecule has 7 heteroatoms. The first-order valence-corrected chi connectivity index (χ1v) is 21.2. The molecule has 0 saturated carbocycles. The first kappa shape index (κ1) is 34.9. The predicted molar refractivity (Wildman–Crippen MR) is 256 cm³/mol. The molecule has 7 nitrogen and oxygen atoms in total. The van der Waals surface area contributed by atoms with Gasteiger partial charge in [-0.25, -0.2) is 15.0 Å². The van der Waals surface area contributed by atoms with E-state index in [0.717, 1.165) is 127 Å². The first-order valence-electron chi connectivity index (χ1n) is 21.2. The van der Waals surface area contributed by atoms with Crippen LogP contribution >= 0.6 is 0 Å². The van der Waals surface area contributed by atoms with Gasteiger partial charge in [0.15, 0.2) is 17.5 Å². The molecular weight excluding hydrogens is 791 g/mol. The number of hydrogen-bond donors (Lipinski definition) is 0. The lowest BCUT2D eigenvalue weighted by atomic mass is 9.99. The fourth-order valence-electron chi connectivity index (χ4n) is 9.53. The Morgan fingerprint density at radius 2 is 0.625 bits per heavy atom. The third-order valence-electron chi connectivity index (χ3n) is 12.6. The van der Waals surface area contributed by atoms with Crippen molar-refractivity contribution in [3.05, 3.63) is 188 Å². The van der Waals surface area contributed by atoms with Crippen molar-refractivity contribution in [2.24, 2.45) is 0 Å². The van der Waals surface area contributed by atoms with E-state index in [2.05, 4.69) is 84.9 Å². The maximum absolute atomic E-state index is 6.52. The summed E-state index contributed by atoms with van der Waals surface area (Å²) < 4.78 is 25.6. The molecule has 14 aromatic rings. The molecule has 0 unspecified atom stereocenters. The molecule has 298 valence electrons. The van der Waals surface area contributed by atoms with Gasteiger partial charge in [-0.1, -0.05) is 115 Å². The van der Waals surface area contributed by atoms with Crippen molar-refractivity contribution in [1.29, 1.82) is 0 Å². The van der Waals surface area contributed by atoms with E-state index in [1.165, 1.54) is 0 Å². The number of para-hydroxylation sites is 2. The lowest BCUT2D eigenvalue weighted by Crippen LogP contribution is -2.00. The molecule has 0 amide bonds. The highest BCUT2D eigenvalue weighted by Crippen LogP contribution is 2.42. The van der Waals surface area contributed by atoms with Gasteiger partial charge >= 0.3 is 0 Å². The summed E-state index contributed by atoms with van der Waals surface area (Å²) in [5, 5.41) is 8.19. The molecule has 0 fully saturated rings. The van der Waals surface area contributed by atoms with Gasteiger partial charge in [-0.2, -0.15) is 0 Å².